The lowest BCUT2D eigenvalue weighted by Crippen LogP contribution is -2.49. The lowest BCUT2D eigenvalue weighted by molar-refractivity contribution is 0.138. The minimum Gasteiger partial charge on any atom is -0.303 e. The Labute approximate surface area is 115 Å². The highest BCUT2D eigenvalue weighted by Crippen LogP contribution is 2.43. The summed E-state index contributed by atoms with van der Waals surface area (Å²) in [6, 6.07) is 0.514. The number of hydrogen-bond donors (Lipinski definition) is 1. The molecule has 0 saturated heterocycles. The number of aromatic nitrogens is 1. The molecule has 2 unspecified atom stereocenters. The fraction of sp³-hybridized carbons (Fsp3) is 0.800. The van der Waals surface area contributed by atoms with E-state index < -0.39 is 0 Å². The molecule has 2 rings (SSSR count). The summed E-state index contributed by atoms with van der Waals surface area (Å²) in [5.74, 6) is 1.60. The summed E-state index contributed by atoms with van der Waals surface area (Å²) in [5.41, 5.74) is 0.134. The van der Waals surface area contributed by atoms with E-state index in [0.717, 1.165) is 11.8 Å². The van der Waals surface area contributed by atoms with Gasteiger partial charge in [0.05, 0.1) is 5.54 Å². The van der Waals surface area contributed by atoms with E-state index in [1.165, 1.54) is 30.7 Å². The third kappa shape index (κ3) is 2.94. The second-order valence-electron chi connectivity index (χ2n) is 6.32. The summed E-state index contributed by atoms with van der Waals surface area (Å²) < 4.78 is 0. The molecule has 1 saturated carbocycles. The van der Waals surface area contributed by atoms with E-state index in [2.05, 4.69) is 43.4 Å². The van der Waals surface area contributed by atoms with Crippen molar-refractivity contribution in [2.45, 2.75) is 65.0 Å². The van der Waals surface area contributed by atoms with E-state index in [4.69, 9.17) is 0 Å². The third-order valence-corrected chi connectivity index (χ3v) is 5.12. The van der Waals surface area contributed by atoms with Crippen LogP contribution in [-0.2, 0) is 5.54 Å². The molecule has 0 radical (unpaired) electrons. The van der Waals surface area contributed by atoms with Crippen molar-refractivity contribution in [3.8, 4) is 0 Å². The van der Waals surface area contributed by atoms with Crippen LogP contribution in [0.1, 0.15) is 58.4 Å². The van der Waals surface area contributed by atoms with E-state index in [1.807, 2.05) is 17.5 Å². The monoisotopic (exact) mass is 266 g/mol. The maximum absolute atomic E-state index is 4.61. The van der Waals surface area contributed by atoms with Crippen molar-refractivity contribution in [3.63, 3.8) is 0 Å². The summed E-state index contributed by atoms with van der Waals surface area (Å²) >= 11 is 1.81. The minimum absolute atomic E-state index is 0.134. The van der Waals surface area contributed by atoms with Crippen LogP contribution in [0.15, 0.2) is 11.6 Å². The molecule has 1 aromatic heterocycles. The van der Waals surface area contributed by atoms with Crippen molar-refractivity contribution in [1.82, 2.24) is 10.3 Å². The highest BCUT2D eigenvalue weighted by molar-refractivity contribution is 7.09. The van der Waals surface area contributed by atoms with Crippen LogP contribution >= 0.6 is 11.3 Å². The van der Waals surface area contributed by atoms with Crippen molar-refractivity contribution < 1.29 is 0 Å². The van der Waals surface area contributed by atoms with Gasteiger partial charge in [-0.15, -0.1) is 11.3 Å². The maximum atomic E-state index is 4.61. The summed E-state index contributed by atoms with van der Waals surface area (Å²) in [7, 11) is 0. The second kappa shape index (κ2) is 5.70. The summed E-state index contributed by atoms with van der Waals surface area (Å²) in [6.07, 6.45) is 7.13. The molecule has 1 aliphatic rings. The zero-order valence-corrected chi connectivity index (χ0v) is 12.9. The largest absolute Gasteiger partial charge is 0.303 e. The van der Waals surface area contributed by atoms with E-state index in [1.54, 1.807) is 0 Å². The standard InChI is InChI=1S/C15H26N2S/c1-11(2)13-6-5-7-15(10-13,17-12(3)4)14-16-8-9-18-14/h8-9,11-13,17H,5-7,10H2,1-4H3. The lowest BCUT2D eigenvalue weighted by atomic mass is 9.71. The number of nitrogens with zero attached hydrogens (tertiary/aromatic N) is 1. The molecule has 1 fully saturated rings. The van der Waals surface area contributed by atoms with Crippen molar-refractivity contribution in [2.24, 2.45) is 11.8 Å². The van der Waals surface area contributed by atoms with E-state index in [9.17, 15) is 0 Å². The van der Waals surface area contributed by atoms with Gasteiger partial charge < -0.3 is 5.32 Å². The Kier molecular flexibility index (Phi) is 4.44. The smallest absolute Gasteiger partial charge is 0.113 e. The van der Waals surface area contributed by atoms with Crippen LogP contribution in [0.4, 0.5) is 0 Å². The Morgan fingerprint density at radius 3 is 2.72 bits per heavy atom. The van der Waals surface area contributed by atoms with Crippen LogP contribution in [0.3, 0.4) is 0 Å². The molecule has 1 aromatic rings. The van der Waals surface area contributed by atoms with Crippen LogP contribution in [0.2, 0.25) is 0 Å². The van der Waals surface area contributed by atoms with Crippen molar-refractivity contribution in [3.05, 3.63) is 16.6 Å². The SMILES string of the molecule is CC(C)NC1(c2nccs2)CCCC(C(C)C)C1. The van der Waals surface area contributed by atoms with Gasteiger partial charge in [-0.25, -0.2) is 4.98 Å². The van der Waals surface area contributed by atoms with Gasteiger partial charge in [0.25, 0.3) is 0 Å². The van der Waals surface area contributed by atoms with Crippen LogP contribution in [-0.4, -0.2) is 11.0 Å². The van der Waals surface area contributed by atoms with Gasteiger partial charge in [-0.05, 0) is 38.5 Å². The first-order chi connectivity index (χ1) is 8.53. The normalized spacial score (nSPS) is 29.1. The Morgan fingerprint density at radius 1 is 1.39 bits per heavy atom. The number of hydrogen-bond acceptors (Lipinski definition) is 3. The fourth-order valence-corrected chi connectivity index (χ4v) is 4.13. The molecule has 18 heavy (non-hydrogen) atoms. The molecule has 102 valence electrons. The molecule has 0 bridgehead atoms. The number of nitrogens with one attached hydrogen (secondary N) is 1. The number of rotatable bonds is 4. The molecule has 0 spiro atoms. The van der Waals surface area contributed by atoms with E-state index >= 15 is 0 Å². The molecule has 3 heteroatoms. The predicted molar refractivity (Wildman–Crippen MR) is 78.9 cm³/mol. The average Bonchev–Trinajstić information content (AvgIpc) is 2.82. The summed E-state index contributed by atoms with van der Waals surface area (Å²) in [5, 5.41) is 7.23. The summed E-state index contributed by atoms with van der Waals surface area (Å²) in [4.78, 5) is 4.61. The van der Waals surface area contributed by atoms with Crippen LogP contribution in [0, 0.1) is 11.8 Å². The molecule has 0 aromatic carbocycles. The van der Waals surface area contributed by atoms with Crippen LogP contribution in [0.25, 0.3) is 0 Å². The molecular weight excluding hydrogens is 240 g/mol. The molecule has 1 aliphatic carbocycles. The van der Waals surface area contributed by atoms with Gasteiger partial charge in [0.1, 0.15) is 5.01 Å². The predicted octanol–water partition coefficient (Wildman–Crippen LogP) is 4.18. The highest BCUT2D eigenvalue weighted by Gasteiger charge is 2.40. The van der Waals surface area contributed by atoms with E-state index in [0.29, 0.717) is 6.04 Å². The third-order valence-electron chi connectivity index (χ3n) is 4.14. The Bertz CT molecular complexity index is 359. The molecular formula is C15H26N2S. The zero-order valence-electron chi connectivity index (χ0n) is 12.1. The Balaban J connectivity index is 2.25. The van der Waals surface area contributed by atoms with Gasteiger partial charge >= 0.3 is 0 Å². The van der Waals surface area contributed by atoms with Gasteiger partial charge in [0, 0.05) is 17.6 Å². The Hall–Kier alpha value is -0.410. The average molecular weight is 266 g/mol. The maximum Gasteiger partial charge on any atom is 0.113 e. The zero-order chi connectivity index (χ0) is 13.2. The van der Waals surface area contributed by atoms with Crippen molar-refractivity contribution >= 4 is 11.3 Å². The fourth-order valence-electron chi connectivity index (χ4n) is 3.29. The molecule has 0 amide bonds. The van der Waals surface area contributed by atoms with Gasteiger partial charge in [0.2, 0.25) is 0 Å². The molecule has 2 atom stereocenters. The van der Waals surface area contributed by atoms with Crippen molar-refractivity contribution in [2.75, 3.05) is 0 Å². The first-order valence-electron chi connectivity index (χ1n) is 7.21. The quantitative estimate of drug-likeness (QED) is 0.884. The van der Waals surface area contributed by atoms with Gasteiger partial charge in [-0.3, -0.25) is 0 Å². The molecule has 1 N–H and O–H groups in total. The molecule has 0 aliphatic heterocycles. The van der Waals surface area contributed by atoms with Crippen molar-refractivity contribution in [1.29, 1.82) is 0 Å². The summed E-state index contributed by atoms with van der Waals surface area (Å²) in [6.45, 7) is 9.21. The van der Waals surface area contributed by atoms with E-state index in [-0.39, 0.29) is 5.54 Å². The first-order valence-corrected chi connectivity index (χ1v) is 8.09. The first kappa shape index (κ1) is 14.0. The second-order valence-corrected chi connectivity index (χ2v) is 7.21. The van der Waals surface area contributed by atoms with Gasteiger partial charge in [0.15, 0.2) is 0 Å². The molecule has 1 heterocycles. The topological polar surface area (TPSA) is 24.9 Å². The minimum atomic E-state index is 0.134. The lowest BCUT2D eigenvalue weighted by Gasteiger charge is -2.43. The van der Waals surface area contributed by atoms with Crippen LogP contribution < -0.4 is 5.32 Å². The molecule has 2 nitrogen and oxygen atoms in total. The number of thiazole rings is 1. The Morgan fingerprint density at radius 2 is 2.17 bits per heavy atom. The van der Waals surface area contributed by atoms with Gasteiger partial charge in [-0.1, -0.05) is 26.7 Å². The van der Waals surface area contributed by atoms with Gasteiger partial charge in [-0.2, -0.15) is 0 Å². The van der Waals surface area contributed by atoms with Crippen LogP contribution in [0.5, 0.6) is 0 Å². The highest BCUT2D eigenvalue weighted by atomic mass is 32.1.